The van der Waals surface area contributed by atoms with Crippen LogP contribution in [-0.2, 0) is 17.8 Å². The Balaban J connectivity index is 1.57. The molecule has 0 unspecified atom stereocenters. The van der Waals surface area contributed by atoms with Crippen LogP contribution in [0.4, 0.5) is 0 Å². The maximum atomic E-state index is 12.5. The molecule has 0 N–H and O–H groups in total. The second-order valence-corrected chi connectivity index (χ2v) is 5.80. The predicted molar refractivity (Wildman–Crippen MR) is 86.4 cm³/mol. The van der Waals surface area contributed by atoms with E-state index < -0.39 is 0 Å². The number of hydrogen-bond acceptors (Lipinski definition) is 4. The first-order valence-electron chi connectivity index (χ1n) is 7.86. The van der Waals surface area contributed by atoms with Gasteiger partial charge < -0.3 is 9.30 Å². The molecule has 6 nitrogen and oxygen atoms in total. The second-order valence-electron chi connectivity index (χ2n) is 5.80. The van der Waals surface area contributed by atoms with Crippen LogP contribution in [0, 0.1) is 0 Å². The van der Waals surface area contributed by atoms with Crippen LogP contribution in [0.15, 0.2) is 47.7 Å². The lowest BCUT2D eigenvalue weighted by Crippen LogP contribution is -2.25. The molecule has 1 aliphatic rings. The van der Waals surface area contributed by atoms with Crippen molar-refractivity contribution < 1.29 is 4.74 Å². The van der Waals surface area contributed by atoms with Gasteiger partial charge in [0.2, 0.25) is 0 Å². The highest BCUT2D eigenvalue weighted by Crippen LogP contribution is 2.23. The van der Waals surface area contributed by atoms with Gasteiger partial charge in [-0.15, -0.1) is 0 Å². The van der Waals surface area contributed by atoms with Gasteiger partial charge in [0.25, 0.3) is 5.56 Å². The van der Waals surface area contributed by atoms with Crippen LogP contribution in [0.5, 0.6) is 0 Å². The highest BCUT2D eigenvalue weighted by molar-refractivity contribution is 5.80. The first-order valence-corrected chi connectivity index (χ1v) is 7.86. The number of hydrogen-bond donors (Lipinski definition) is 0. The highest BCUT2D eigenvalue weighted by Gasteiger charge is 2.22. The van der Waals surface area contributed by atoms with E-state index in [0.29, 0.717) is 24.4 Å². The molecule has 1 aliphatic heterocycles. The molecular weight excluding hydrogens is 292 g/mol. The molecule has 0 bridgehead atoms. The maximum absolute atomic E-state index is 12.5. The number of rotatable bonds is 4. The molecule has 0 spiro atoms. The van der Waals surface area contributed by atoms with E-state index in [1.165, 1.54) is 4.68 Å². The van der Waals surface area contributed by atoms with Gasteiger partial charge in [0.1, 0.15) is 5.82 Å². The molecule has 118 valence electrons. The van der Waals surface area contributed by atoms with Gasteiger partial charge >= 0.3 is 0 Å². The molecule has 3 aromatic rings. The van der Waals surface area contributed by atoms with Gasteiger partial charge in [0.15, 0.2) is 0 Å². The van der Waals surface area contributed by atoms with Crippen LogP contribution in [0.2, 0.25) is 0 Å². The van der Waals surface area contributed by atoms with E-state index in [1.54, 1.807) is 6.20 Å². The van der Waals surface area contributed by atoms with Crippen molar-refractivity contribution in [1.82, 2.24) is 19.3 Å². The lowest BCUT2D eigenvalue weighted by atomic mass is 10.1. The molecule has 3 heterocycles. The smallest absolute Gasteiger partial charge is 0.274 e. The van der Waals surface area contributed by atoms with E-state index in [9.17, 15) is 4.79 Å². The summed E-state index contributed by atoms with van der Waals surface area (Å²) in [7, 11) is 0. The molecule has 1 saturated heterocycles. The average Bonchev–Trinajstić information content (AvgIpc) is 3.25. The SMILES string of the molecule is O=c1c2ccccc2cnn1CCn1ccnc1[C@@H]1CCOC1. The Morgan fingerprint density at radius 3 is 3.04 bits per heavy atom. The van der Waals surface area contributed by atoms with E-state index in [0.717, 1.165) is 30.8 Å². The minimum atomic E-state index is -0.0473. The van der Waals surface area contributed by atoms with Crippen molar-refractivity contribution in [3.8, 4) is 0 Å². The summed E-state index contributed by atoms with van der Waals surface area (Å²) in [4.78, 5) is 16.9. The summed E-state index contributed by atoms with van der Waals surface area (Å²) >= 11 is 0. The van der Waals surface area contributed by atoms with Gasteiger partial charge in [0, 0.05) is 36.8 Å². The lowest BCUT2D eigenvalue weighted by Gasteiger charge is -2.12. The summed E-state index contributed by atoms with van der Waals surface area (Å²) in [6.45, 7) is 2.73. The van der Waals surface area contributed by atoms with E-state index in [4.69, 9.17) is 4.74 Å². The van der Waals surface area contributed by atoms with Gasteiger partial charge in [-0.1, -0.05) is 18.2 Å². The molecule has 2 aromatic heterocycles. The largest absolute Gasteiger partial charge is 0.381 e. The van der Waals surface area contributed by atoms with Crippen LogP contribution >= 0.6 is 0 Å². The van der Waals surface area contributed by atoms with Crippen LogP contribution < -0.4 is 5.56 Å². The van der Waals surface area contributed by atoms with Gasteiger partial charge in [-0.25, -0.2) is 9.67 Å². The van der Waals surface area contributed by atoms with Crippen LogP contribution in [0.3, 0.4) is 0 Å². The third-order valence-electron chi connectivity index (χ3n) is 4.36. The third kappa shape index (κ3) is 2.66. The van der Waals surface area contributed by atoms with Crippen molar-refractivity contribution in [3.05, 3.63) is 59.0 Å². The minimum absolute atomic E-state index is 0.0473. The molecule has 1 atom stereocenters. The summed E-state index contributed by atoms with van der Waals surface area (Å²) in [5.74, 6) is 1.39. The number of aryl methyl sites for hydroxylation is 2. The number of aromatic nitrogens is 4. The summed E-state index contributed by atoms with van der Waals surface area (Å²) in [6, 6.07) is 7.54. The van der Waals surface area contributed by atoms with Gasteiger partial charge in [-0.05, 0) is 12.5 Å². The van der Waals surface area contributed by atoms with E-state index in [-0.39, 0.29) is 5.56 Å². The fourth-order valence-electron chi connectivity index (χ4n) is 3.10. The topological polar surface area (TPSA) is 61.9 Å². The molecule has 0 aliphatic carbocycles. The molecule has 0 radical (unpaired) electrons. The Morgan fingerprint density at radius 1 is 1.26 bits per heavy atom. The van der Waals surface area contributed by atoms with Crippen molar-refractivity contribution in [2.45, 2.75) is 25.4 Å². The maximum Gasteiger partial charge on any atom is 0.274 e. The van der Waals surface area contributed by atoms with E-state index in [2.05, 4.69) is 14.6 Å². The van der Waals surface area contributed by atoms with Crippen molar-refractivity contribution in [2.75, 3.05) is 13.2 Å². The zero-order chi connectivity index (χ0) is 15.6. The van der Waals surface area contributed by atoms with Crippen molar-refractivity contribution in [1.29, 1.82) is 0 Å². The fourth-order valence-corrected chi connectivity index (χ4v) is 3.10. The summed E-state index contributed by atoms with van der Waals surface area (Å²) < 4.78 is 9.07. The highest BCUT2D eigenvalue weighted by atomic mass is 16.5. The Bertz CT molecular complexity index is 877. The summed E-state index contributed by atoms with van der Waals surface area (Å²) in [5, 5.41) is 5.86. The van der Waals surface area contributed by atoms with E-state index >= 15 is 0 Å². The monoisotopic (exact) mass is 310 g/mol. The second kappa shape index (κ2) is 5.96. The third-order valence-corrected chi connectivity index (χ3v) is 4.36. The number of fused-ring (bicyclic) bond motifs is 1. The van der Waals surface area contributed by atoms with Crippen LogP contribution in [-0.4, -0.2) is 32.5 Å². The molecule has 1 aromatic carbocycles. The standard InChI is InChI=1S/C17H18N4O2/c22-17-15-4-2-1-3-13(15)11-19-21(17)9-8-20-7-6-18-16(20)14-5-10-23-12-14/h1-4,6-7,11,14H,5,8-10,12H2/t14-/m1/s1. The quantitative estimate of drug-likeness (QED) is 0.737. The Hall–Kier alpha value is -2.47. The van der Waals surface area contributed by atoms with Crippen LogP contribution in [0.1, 0.15) is 18.2 Å². The zero-order valence-corrected chi connectivity index (χ0v) is 12.8. The molecule has 1 fully saturated rings. The fraction of sp³-hybridized carbons (Fsp3) is 0.353. The summed E-state index contributed by atoms with van der Waals surface area (Å²) in [6.07, 6.45) is 6.52. The molecule has 6 heteroatoms. The van der Waals surface area contributed by atoms with Gasteiger partial charge in [-0.3, -0.25) is 4.79 Å². The predicted octanol–water partition coefficient (Wildman–Crippen LogP) is 1.80. The average molecular weight is 310 g/mol. The lowest BCUT2D eigenvalue weighted by molar-refractivity contribution is 0.192. The molecular formula is C17H18N4O2. The van der Waals surface area contributed by atoms with Crippen molar-refractivity contribution in [2.24, 2.45) is 0 Å². The number of imidazole rings is 1. The molecule has 0 saturated carbocycles. The number of nitrogens with zero attached hydrogens (tertiary/aromatic N) is 4. The Morgan fingerprint density at radius 2 is 2.17 bits per heavy atom. The molecule has 0 amide bonds. The van der Waals surface area contributed by atoms with Gasteiger partial charge in [-0.2, -0.15) is 5.10 Å². The van der Waals surface area contributed by atoms with Crippen LogP contribution in [0.25, 0.3) is 10.8 Å². The van der Waals surface area contributed by atoms with Crippen molar-refractivity contribution >= 4 is 10.8 Å². The number of ether oxygens (including phenoxy) is 1. The normalized spacial score (nSPS) is 17.8. The zero-order valence-electron chi connectivity index (χ0n) is 12.8. The molecule has 23 heavy (non-hydrogen) atoms. The molecule has 4 rings (SSSR count). The minimum Gasteiger partial charge on any atom is -0.381 e. The summed E-state index contributed by atoms with van der Waals surface area (Å²) in [5.41, 5.74) is -0.0473. The van der Waals surface area contributed by atoms with Gasteiger partial charge in [0.05, 0.1) is 24.7 Å². The first kappa shape index (κ1) is 14.1. The van der Waals surface area contributed by atoms with Crippen molar-refractivity contribution in [3.63, 3.8) is 0 Å². The Labute approximate surface area is 133 Å². The van der Waals surface area contributed by atoms with E-state index in [1.807, 2.05) is 36.7 Å². The Kier molecular flexibility index (Phi) is 3.67. The number of benzene rings is 1. The first-order chi connectivity index (χ1) is 11.3.